The lowest BCUT2D eigenvalue weighted by Crippen LogP contribution is -2.26. The van der Waals surface area contributed by atoms with Gasteiger partial charge in [-0.05, 0) is 69.2 Å². The second-order valence-corrected chi connectivity index (χ2v) is 10.8. The number of aromatic nitrogens is 8. The summed E-state index contributed by atoms with van der Waals surface area (Å²) in [5.41, 5.74) is 2.86. The van der Waals surface area contributed by atoms with Crippen LogP contribution in [0.1, 0.15) is 55.4 Å². The highest BCUT2D eigenvalue weighted by Crippen LogP contribution is 2.32. The molecule has 0 aliphatic carbocycles. The highest BCUT2D eigenvalue weighted by molar-refractivity contribution is 6.29. The van der Waals surface area contributed by atoms with Crippen LogP contribution in [-0.2, 0) is 18.8 Å². The van der Waals surface area contributed by atoms with Gasteiger partial charge in [-0.2, -0.15) is 4.80 Å². The maximum Gasteiger partial charge on any atom is 0.361 e. The summed E-state index contributed by atoms with van der Waals surface area (Å²) in [6.07, 6.45) is 1.54. The molecule has 0 spiro atoms. The minimum atomic E-state index is -0.717. The van der Waals surface area contributed by atoms with E-state index in [-0.39, 0.29) is 22.4 Å². The number of carbonyl (C=O) groups is 1. The van der Waals surface area contributed by atoms with Crippen LogP contribution < -0.4 is 10.9 Å². The van der Waals surface area contributed by atoms with Gasteiger partial charge in [0.2, 0.25) is 5.82 Å². The molecule has 0 aliphatic rings. The molecule has 13 heteroatoms. The number of benzene rings is 1. The third-order valence-electron chi connectivity index (χ3n) is 6.13. The van der Waals surface area contributed by atoms with Crippen LogP contribution in [0, 0.1) is 6.92 Å². The van der Waals surface area contributed by atoms with Crippen molar-refractivity contribution in [1.29, 1.82) is 0 Å². The maximum absolute atomic E-state index is 13.6. The Morgan fingerprint density at radius 3 is 2.59 bits per heavy atom. The van der Waals surface area contributed by atoms with Crippen molar-refractivity contribution in [3.05, 3.63) is 62.9 Å². The number of esters is 1. The number of tetrazole rings is 1. The number of anilines is 1. The fraction of sp³-hybridized carbons (Fsp3) is 0.346. The number of rotatable bonds is 5. The van der Waals surface area contributed by atoms with Crippen LogP contribution in [0.5, 0.6) is 0 Å². The third-order valence-corrected chi connectivity index (χ3v) is 6.34. The Morgan fingerprint density at radius 2 is 1.92 bits per heavy atom. The van der Waals surface area contributed by atoms with Crippen molar-refractivity contribution in [3.8, 4) is 11.5 Å². The van der Waals surface area contributed by atoms with Crippen LogP contribution in [0.2, 0.25) is 5.15 Å². The Bertz CT molecular complexity index is 1810. The van der Waals surface area contributed by atoms with Crippen molar-refractivity contribution in [2.75, 3.05) is 5.32 Å². The van der Waals surface area contributed by atoms with Gasteiger partial charge < -0.3 is 10.1 Å². The van der Waals surface area contributed by atoms with Crippen LogP contribution >= 0.6 is 11.6 Å². The van der Waals surface area contributed by atoms with Gasteiger partial charge in [0.1, 0.15) is 22.8 Å². The topological polar surface area (TPSA) is 134 Å². The van der Waals surface area contributed by atoms with Gasteiger partial charge in [-0.15, -0.1) is 10.2 Å². The molecule has 5 aromatic rings. The summed E-state index contributed by atoms with van der Waals surface area (Å²) in [4.78, 5) is 36.7. The van der Waals surface area contributed by atoms with E-state index in [0.29, 0.717) is 33.8 Å². The highest BCUT2D eigenvalue weighted by Gasteiger charge is 2.26. The van der Waals surface area contributed by atoms with E-state index in [1.54, 1.807) is 57.7 Å². The number of hydrogen-bond acceptors (Lipinski definition) is 9. The van der Waals surface area contributed by atoms with Crippen LogP contribution in [0.15, 0.2) is 35.4 Å². The molecule has 0 radical (unpaired) electrons. The van der Waals surface area contributed by atoms with Crippen LogP contribution in [0.3, 0.4) is 0 Å². The van der Waals surface area contributed by atoms with Gasteiger partial charge in [0.25, 0.3) is 5.56 Å². The van der Waals surface area contributed by atoms with Gasteiger partial charge in [-0.3, -0.25) is 13.8 Å². The normalized spacial score (nSPS) is 12.7. The Hall–Kier alpha value is -4.32. The first-order valence-electron chi connectivity index (χ1n) is 12.2. The summed E-state index contributed by atoms with van der Waals surface area (Å²) in [6.45, 7) is 9.23. The number of aryl methyl sites for hydroxylation is 3. The molecule has 5 rings (SSSR count). The lowest BCUT2D eigenvalue weighted by Gasteiger charge is -2.21. The summed E-state index contributed by atoms with van der Waals surface area (Å²) in [7, 11) is 3.29. The fourth-order valence-corrected chi connectivity index (χ4v) is 4.70. The Kier molecular flexibility index (Phi) is 6.37. The van der Waals surface area contributed by atoms with E-state index in [1.165, 1.54) is 9.36 Å². The molecule has 0 fully saturated rings. The number of nitrogens with zero attached hydrogens (tertiary/aromatic N) is 8. The number of fused-ring (bicyclic) bond motifs is 3. The molecule has 202 valence electrons. The van der Waals surface area contributed by atoms with Crippen molar-refractivity contribution < 1.29 is 9.53 Å². The number of ether oxygens (including phenoxy) is 1. The van der Waals surface area contributed by atoms with Crippen LogP contribution in [0.4, 0.5) is 5.69 Å². The van der Waals surface area contributed by atoms with Crippen molar-refractivity contribution >= 4 is 39.8 Å². The van der Waals surface area contributed by atoms with Crippen molar-refractivity contribution in [1.82, 2.24) is 39.1 Å². The standard InChI is InChI=1S/C26H28ClN9O3/c1-13-10-15(14(2)29-17-8-9-18(27)30-19(17)22-31-33-35(7)32-22)21-16(11-13)24(37)34(6)23-20(28-12-36(21)23)25(38)39-26(3,4)5/h8-12,14,29H,1-7H3. The summed E-state index contributed by atoms with van der Waals surface area (Å²) >= 11 is 6.18. The van der Waals surface area contributed by atoms with E-state index < -0.39 is 11.6 Å². The Balaban J connectivity index is 1.68. The predicted octanol–water partition coefficient (Wildman–Crippen LogP) is 3.86. The average Bonchev–Trinajstić information content (AvgIpc) is 3.49. The smallest absolute Gasteiger partial charge is 0.361 e. The second kappa shape index (κ2) is 9.45. The van der Waals surface area contributed by atoms with Gasteiger partial charge in [0.05, 0.1) is 29.7 Å². The molecule has 0 saturated carbocycles. The van der Waals surface area contributed by atoms with Crippen molar-refractivity contribution in [2.24, 2.45) is 14.1 Å². The van der Waals surface area contributed by atoms with Crippen molar-refractivity contribution in [3.63, 3.8) is 0 Å². The number of carbonyl (C=O) groups excluding carboxylic acids is 1. The van der Waals surface area contributed by atoms with E-state index >= 15 is 0 Å². The van der Waals surface area contributed by atoms with Gasteiger partial charge in [-0.25, -0.2) is 14.8 Å². The maximum atomic E-state index is 13.6. The molecule has 4 aromatic heterocycles. The molecule has 4 heterocycles. The molecule has 1 aromatic carbocycles. The first-order chi connectivity index (χ1) is 18.3. The largest absolute Gasteiger partial charge is 0.455 e. The van der Waals surface area contributed by atoms with Gasteiger partial charge in [0.15, 0.2) is 11.3 Å². The van der Waals surface area contributed by atoms with E-state index in [0.717, 1.165) is 11.1 Å². The number of nitrogens with one attached hydrogen (secondary N) is 1. The summed E-state index contributed by atoms with van der Waals surface area (Å²) in [5, 5.41) is 16.5. The lowest BCUT2D eigenvalue weighted by atomic mass is 10.0. The predicted molar refractivity (Wildman–Crippen MR) is 147 cm³/mol. The minimum Gasteiger partial charge on any atom is -0.455 e. The zero-order chi connectivity index (χ0) is 28.2. The molecule has 1 unspecified atom stereocenters. The van der Waals surface area contributed by atoms with E-state index in [4.69, 9.17) is 16.3 Å². The number of pyridine rings is 1. The van der Waals surface area contributed by atoms with Crippen molar-refractivity contribution in [2.45, 2.75) is 46.3 Å². The molecule has 1 N–H and O–H groups in total. The number of hydrogen-bond donors (Lipinski definition) is 1. The molecule has 39 heavy (non-hydrogen) atoms. The average molecular weight is 550 g/mol. The van der Waals surface area contributed by atoms with E-state index in [2.05, 4.69) is 30.7 Å². The summed E-state index contributed by atoms with van der Waals surface area (Å²) in [5.74, 6) is -0.288. The quantitative estimate of drug-likeness (QED) is 0.256. The lowest BCUT2D eigenvalue weighted by molar-refractivity contribution is 0.00652. The highest BCUT2D eigenvalue weighted by atomic mass is 35.5. The third kappa shape index (κ3) is 4.83. The van der Waals surface area contributed by atoms with Gasteiger partial charge in [-0.1, -0.05) is 17.7 Å². The minimum absolute atomic E-state index is 0.0662. The zero-order valence-electron chi connectivity index (χ0n) is 22.6. The molecule has 0 saturated heterocycles. The molecule has 0 aliphatic heterocycles. The molecule has 1 atom stereocenters. The zero-order valence-corrected chi connectivity index (χ0v) is 23.4. The fourth-order valence-electron chi connectivity index (χ4n) is 4.55. The number of imidazole rings is 1. The Morgan fingerprint density at radius 1 is 1.18 bits per heavy atom. The molecule has 0 amide bonds. The molecular formula is C26H28ClN9O3. The molecule has 0 bridgehead atoms. The monoisotopic (exact) mass is 549 g/mol. The summed E-state index contributed by atoms with van der Waals surface area (Å²) in [6, 6.07) is 6.96. The van der Waals surface area contributed by atoms with Crippen LogP contribution in [0.25, 0.3) is 28.1 Å². The molecule has 12 nitrogen and oxygen atoms in total. The first kappa shape index (κ1) is 26.3. The van der Waals surface area contributed by atoms with E-state index in [1.807, 2.05) is 26.0 Å². The van der Waals surface area contributed by atoms with Gasteiger partial charge in [0, 0.05) is 7.05 Å². The molecular weight excluding hydrogens is 522 g/mol. The van der Waals surface area contributed by atoms with Crippen LogP contribution in [-0.4, -0.2) is 50.7 Å². The second-order valence-electron chi connectivity index (χ2n) is 10.4. The van der Waals surface area contributed by atoms with E-state index in [9.17, 15) is 9.59 Å². The Labute approximate surface area is 228 Å². The van der Waals surface area contributed by atoms with Gasteiger partial charge >= 0.3 is 5.97 Å². The SMILES string of the molecule is Cc1cc(C(C)Nc2ccc(Cl)nc2-c2nnn(C)n2)c2c(c1)c(=O)n(C)c1c(C(=O)OC(C)(C)C)ncn21. The number of halogens is 1. The first-order valence-corrected chi connectivity index (χ1v) is 12.6. The summed E-state index contributed by atoms with van der Waals surface area (Å²) < 4.78 is 8.75.